The van der Waals surface area contributed by atoms with Crippen molar-refractivity contribution in [3.05, 3.63) is 20.8 Å². The maximum absolute atomic E-state index is 5.89. The molecule has 0 bridgehead atoms. The molecule has 0 aromatic carbocycles. The molecule has 1 aliphatic rings. The van der Waals surface area contributed by atoms with E-state index in [4.69, 9.17) is 5.73 Å². The van der Waals surface area contributed by atoms with Crippen LogP contribution in [-0.4, -0.2) is 24.5 Å². The average molecular weight is 289 g/mol. The molecule has 1 fully saturated rings. The number of thiophene rings is 1. The molecule has 4 heteroatoms. The normalized spacial score (nSPS) is 19.2. The SMILES string of the molecule is CN(C1CCC1)C(CN)c1sccc1Br. The molecule has 0 spiro atoms. The zero-order valence-electron chi connectivity index (χ0n) is 8.95. The van der Waals surface area contributed by atoms with Gasteiger partial charge in [-0.3, -0.25) is 4.90 Å². The van der Waals surface area contributed by atoms with Crippen molar-refractivity contribution in [1.29, 1.82) is 0 Å². The minimum atomic E-state index is 0.379. The molecule has 1 aliphatic carbocycles. The largest absolute Gasteiger partial charge is 0.329 e. The van der Waals surface area contributed by atoms with Crippen LogP contribution in [0.2, 0.25) is 0 Å². The smallest absolute Gasteiger partial charge is 0.0575 e. The second-order valence-electron chi connectivity index (χ2n) is 4.13. The molecule has 0 amide bonds. The number of nitrogens with zero attached hydrogens (tertiary/aromatic N) is 1. The topological polar surface area (TPSA) is 29.3 Å². The van der Waals surface area contributed by atoms with Crippen molar-refractivity contribution in [3.63, 3.8) is 0 Å². The van der Waals surface area contributed by atoms with Gasteiger partial charge in [-0.1, -0.05) is 6.42 Å². The molecule has 0 saturated heterocycles. The van der Waals surface area contributed by atoms with Gasteiger partial charge < -0.3 is 5.73 Å². The number of hydrogen-bond acceptors (Lipinski definition) is 3. The van der Waals surface area contributed by atoms with Crippen LogP contribution in [-0.2, 0) is 0 Å². The van der Waals surface area contributed by atoms with E-state index in [1.165, 1.54) is 28.6 Å². The lowest BCUT2D eigenvalue weighted by atomic mass is 9.90. The van der Waals surface area contributed by atoms with E-state index >= 15 is 0 Å². The number of rotatable bonds is 4. The van der Waals surface area contributed by atoms with Gasteiger partial charge in [-0.2, -0.15) is 0 Å². The maximum atomic E-state index is 5.89. The summed E-state index contributed by atoms with van der Waals surface area (Å²) in [7, 11) is 2.20. The van der Waals surface area contributed by atoms with Crippen LogP contribution in [0.3, 0.4) is 0 Å². The third kappa shape index (κ3) is 2.28. The molecule has 2 rings (SSSR count). The molecule has 1 unspecified atom stereocenters. The van der Waals surface area contributed by atoms with Crippen LogP contribution in [0.5, 0.6) is 0 Å². The Hall–Kier alpha value is 0.100. The first-order valence-corrected chi connectivity index (χ1v) is 7.06. The van der Waals surface area contributed by atoms with Gasteiger partial charge in [-0.15, -0.1) is 11.3 Å². The Morgan fingerprint density at radius 2 is 2.40 bits per heavy atom. The molecule has 1 aromatic rings. The lowest BCUT2D eigenvalue weighted by molar-refractivity contribution is 0.115. The third-order valence-corrected chi connectivity index (χ3v) is 5.28. The molecular formula is C11H17BrN2S. The standard InChI is InChI=1S/C11H17BrN2S/c1-14(8-3-2-4-8)10(7-13)11-9(12)5-6-15-11/h5-6,8,10H,2-4,7,13H2,1H3. The first-order chi connectivity index (χ1) is 7.24. The summed E-state index contributed by atoms with van der Waals surface area (Å²) in [5, 5.41) is 2.12. The minimum absolute atomic E-state index is 0.379. The lowest BCUT2D eigenvalue weighted by Crippen LogP contribution is -2.42. The van der Waals surface area contributed by atoms with Gasteiger partial charge in [0.15, 0.2) is 0 Å². The van der Waals surface area contributed by atoms with Crippen molar-refractivity contribution in [1.82, 2.24) is 4.90 Å². The van der Waals surface area contributed by atoms with E-state index in [0.717, 1.165) is 6.04 Å². The Kier molecular flexibility index (Phi) is 3.83. The lowest BCUT2D eigenvalue weighted by Gasteiger charge is -2.39. The molecule has 0 aliphatic heterocycles. The van der Waals surface area contributed by atoms with Crippen molar-refractivity contribution < 1.29 is 0 Å². The van der Waals surface area contributed by atoms with Gasteiger partial charge in [0, 0.05) is 21.9 Å². The highest BCUT2D eigenvalue weighted by Crippen LogP contribution is 2.36. The van der Waals surface area contributed by atoms with Crippen molar-refractivity contribution in [3.8, 4) is 0 Å². The highest BCUT2D eigenvalue weighted by molar-refractivity contribution is 9.10. The Morgan fingerprint density at radius 3 is 2.80 bits per heavy atom. The molecule has 1 aromatic heterocycles. The van der Waals surface area contributed by atoms with E-state index in [9.17, 15) is 0 Å². The van der Waals surface area contributed by atoms with Gasteiger partial charge in [0.1, 0.15) is 0 Å². The second-order valence-corrected chi connectivity index (χ2v) is 5.94. The number of halogens is 1. The number of hydrogen-bond donors (Lipinski definition) is 1. The molecule has 1 heterocycles. The summed E-state index contributed by atoms with van der Waals surface area (Å²) < 4.78 is 1.20. The second kappa shape index (κ2) is 4.95. The Bertz CT molecular complexity index is 322. The van der Waals surface area contributed by atoms with E-state index in [1.54, 1.807) is 11.3 Å². The minimum Gasteiger partial charge on any atom is -0.329 e. The summed E-state index contributed by atoms with van der Waals surface area (Å²) >= 11 is 5.39. The molecule has 0 radical (unpaired) electrons. The van der Waals surface area contributed by atoms with E-state index in [2.05, 4.69) is 39.3 Å². The van der Waals surface area contributed by atoms with E-state index in [0.29, 0.717) is 12.6 Å². The Morgan fingerprint density at radius 1 is 1.67 bits per heavy atom. The Labute approximate surface area is 104 Å². The van der Waals surface area contributed by atoms with E-state index in [-0.39, 0.29) is 0 Å². The predicted molar refractivity (Wildman–Crippen MR) is 69.2 cm³/mol. The average Bonchev–Trinajstić information content (AvgIpc) is 2.51. The van der Waals surface area contributed by atoms with Crippen LogP contribution < -0.4 is 5.73 Å². The zero-order chi connectivity index (χ0) is 10.8. The molecular weight excluding hydrogens is 272 g/mol. The van der Waals surface area contributed by atoms with Crippen LogP contribution in [0.15, 0.2) is 15.9 Å². The fraction of sp³-hybridized carbons (Fsp3) is 0.636. The van der Waals surface area contributed by atoms with Gasteiger partial charge in [0.2, 0.25) is 0 Å². The van der Waals surface area contributed by atoms with Gasteiger partial charge in [0.05, 0.1) is 6.04 Å². The van der Waals surface area contributed by atoms with Gasteiger partial charge in [0.25, 0.3) is 0 Å². The summed E-state index contributed by atoms with van der Waals surface area (Å²) in [5.41, 5.74) is 5.89. The van der Waals surface area contributed by atoms with Crippen LogP contribution in [0.4, 0.5) is 0 Å². The van der Waals surface area contributed by atoms with Crippen LogP contribution in [0, 0.1) is 0 Å². The van der Waals surface area contributed by atoms with Crippen LogP contribution in [0.25, 0.3) is 0 Å². The fourth-order valence-corrected chi connectivity index (χ4v) is 3.85. The summed E-state index contributed by atoms with van der Waals surface area (Å²) in [6.45, 7) is 0.701. The first-order valence-electron chi connectivity index (χ1n) is 5.39. The first kappa shape index (κ1) is 11.6. The molecule has 1 saturated carbocycles. The molecule has 2 nitrogen and oxygen atoms in total. The van der Waals surface area contributed by atoms with E-state index < -0.39 is 0 Å². The molecule has 1 atom stereocenters. The van der Waals surface area contributed by atoms with Crippen LogP contribution >= 0.6 is 27.3 Å². The van der Waals surface area contributed by atoms with Crippen molar-refractivity contribution in [2.75, 3.05) is 13.6 Å². The summed E-state index contributed by atoms with van der Waals surface area (Å²) in [6, 6.07) is 3.23. The highest BCUT2D eigenvalue weighted by atomic mass is 79.9. The van der Waals surface area contributed by atoms with Crippen molar-refractivity contribution in [2.24, 2.45) is 5.73 Å². The van der Waals surface area contributed by atoms with Gasteiger partial charge >= 0.3 is 0 Å². The maximum Gasteiger partial charge on any atom is 0.0575 e. The summed E-state index contributed by atoms with van der Waals surface area (Å²) in [5.74, 6) is 0. The van der Waals surface area contributed by atoms with Gasteiger partial charge in [-0.25, -0.2) is 0 Å². The third-order valence-electron chi connectivity index (χ3n) is 3.31. The fourth-order valence-electron chi connectivity index (χ4n) is 2.05. The number of likely N-dealkylation sites (N-methyl/N-ethyl adjacent to an activating group) is 1. The molecule has 84 valence electrons. The Balaban J connectivity index is 2.12. The van der Waals surface area contributed by atoms with E-state index in [1.807, 2.05) is 0 Å². The van der Waals surface area contributed by atoms with Crippen molar-refractivity contribution in [2.45, 2.75) is 31.3 Å². The molecule has 15 heavy (non-hydrogen) atoms. The van der Waals surface area contributed by atoms with Crippen molar-refractivity contribution >= 4 is 27.3 Å². The number of nitrogens with two attached hydrogens (primary N) is 1. The molecule has 2 N–H and O–H groups in total. The highest BCUT2D eigenvalue weighted by Gasteiger charge is 2.29. The van der Waals surface area contributed by atoms with Gasteiger partial charge in [-0.05, 0) is 47.3 Å². The quantitative estimate of drug-likeness (QED) is 0.923. The van der Waals surface area contributed by atoms with Crippen LogP contribution in [0.1, 0.15) is 30.2 Å². The summed E-state index contributed by atoms with van der Waals surface area (Å²) in [6.07, 6.45) is 4.03. The monoisotopic (exact) mass is 288 g/mol. The predicted octanol–water partition coefficient (Wildman–Crippen LogP) is 2.99. The summed E-state index contributed by atoms with van der Waals surface area (Å²) in [4.78, 5) is 3.81. The zero-order valence-corrected chi connectivity index (χ0v) is 11.4.